The van der Waals surface area contributed by atoms with Crippen molar-refractivity contribution in [2.24, 2.45) is 0 Å². The first-order chi connectivity index (χ1) is 10.7. The van der Waals surface area contributed by atoms with Crippen LogP contribution in [-0.2, 0) is 6.42 Å². The van der Waals surface area contributed by atoms with E-state index in [4.69, 9.17) is 4.42 Å². The van der Waals surface area contributed by atoms with E-state index in [1.165, 1.54) is 50.3 Å². The maximum Gasteiger partial charge on any atom is 0.134 e. The topological polar surface area (TPSA) is 19.6 Å². The Labute approximate surface area is 133 Å². The van der Waals surface area contributed by atoms with Crippen LogP contribution < -0.4 is 0 Å². The Balaban J connectivity index is 1.59. The lowest BCUT2D eigenvalue weighted by molar-refractivity contribution is 0.153. The first-order valence-electron chi connectivity index (χ1n) is 8.28. The summed E-state index contributed by atoms with van der Waals surface area (Å²) in [5.74, 6) is 1.97. The van der Waals surface area contributed by atoms with Gasteiger partial charge < -0.3 is 14.2 Å². The lowest BCUT2D eigenvalue weighted by atomic mass is 10.0. The fourth-order valence-electron chi connectivity index (χ4n) is 3.12. The van der Waals surface area contributed by atoms with Crippen LogP contribution in [0.5, 0.6) is 0 Å². The first-order valence-corrected chi connectivity index (χ1v) is 8.28. The normalized spacial score (nSPS) is 17.0. The van der Waals surface area contributed by atoms with Crippen LogP contribution in [0.1, 0.15) is 17.7 Å². The summed E-state index contributed by atoms with van der Waals surface area (Å²) in [5.41, 5.74) is 2.64. The van der Waals surface area contributed by atoms with E-state index >= 15 is 0 Å². The SMILES string of the molecule is Cc1ccc(-c2ccccc2CCCN2CCN(C)CC2)o1. The van der Waals surface area contributed by atoms with E-state index in [2.05, 4.69) is 47.2 Å². The van der Waals surface area contributed by atoms with Gasteiger partial charge >= 0.3 is 0 Å². The lowest BCUT2D eigenvalue weighted by Crippen LogP contribution is -2.44. The van der Waals surface area contributed by atoms with E-state index in [1.807, 2.05) is 13.0 Å². The smallest absolute Gasteiger partial charge is 0.134 e. The van der Waals surface area contributed by atoms with Gasteiger partial charge in [0.25, 0.3) is 0 Å². The summed E-state index contributed by atoms with van der Waals surface area (Å²) < 4.78 is 5.80. The Hall–Kier alpha value is -1.58. The highest BCUT2D eigenvalue weighted by Gasteiger charge is 2.13. The van der Waals surface area contributed by atoms with Crippen molar-refractivity contribution >= 4 is 0 Å². The van der Waals surface area contributed by atoms with Gasteiger partial charge in [-0.3, -0.25) is 0 Å². The second-order valence-corrected chi connectivity index (χ2v) is 6.32. The summed E-state index contributed by atoms with van der Waals surface area (Å²) in [5, 5.41) is 0. The fourth-order valence-corrected chi connectivity index (χ4v) is 3.12. The zero-order valence-electron chi connectivity index (χ0n) is 13.7. The molecule has 3 rings (SSSR count). The molecule has 0 unspecified atom stereocenters. The Kier molecular flexibility index (Phi) is 4.96. The van der Waals surface area contributed by atoms with Gasteiger partial charge in [0.2, 0.25) is 0 Å². The van der Waals surface area contributed by atoms with Gasteiger partial charge in [0.15, 0.2) is 0 Å². The van der Waals surface area contributed by atoms with Crippen molar-refractivity contribution in [3.63, 3.8) is 0 Å². The predicted octanol–water partition coefficient (Wildman–Crippen LogP) is 3.44. The minimum absolute atomic E-state index is 0.974. The molecule has 0 atom stereocenters. The molecule has 2 aromatic rings. The Morgan fingerprint density at radius 3 is 2.50 bits per heavy atom. The number of piperazine rings is 1. The summed E-state index contributed by atoms with van der Waals surface area (Å²) in [4.78, 5) is 4.99. The molecule has 0 spiro atoms. The van der Waals surface area contributed by atoms with Crippen LogP contribution in [0, 0.1) is 6.92 Å². The lowest BCUT2D eigenvalue weighted by Gasteiger charge is -2.32. The predicted molar refractivity (Wildman–Crippen MR) is 91.1 cm³/mol. The van der Waals surface area contributed by atoms with Crippen molar-refractivity contribution in [2.75, 3.05) is 39.8 Å². The molecule has 2 heterocycles. The van der Waals surface area contributed by atoms with Gasteiger partial charge in [-0.1, -0.05) is 24.3 Å². The van der Waals surface area contributed by atoms with Gasteiger partial charge in [0.1, 0.15) is 11.5 Å². The van der Waals surface area contributed by atoms with Crippen LogP contribution >= 0.6 is 0 Å². The van der Waals surface area contributed by atoms with Gasteiger partial charge in [-0.15, -0.1) is 0 Å². The minimum atomic E-state index is 0.974. The quantitative estimate of drug-likeness (QED) is 0.843. The molecule has 0 radical (unpaired) electrons. The first kappa shape index (κ1) is 15.3. The third-order valence-electron chi connectivity index (χ3n) is 4.54. The molecule has 0 saturated carbocycles. The third kappa shape index (κ3) is 3.79. The Bertz CT molecular complexity index is 597. The molecule has 0 N–H and O–H groups in total. The zero-order chi connectivity index (χ0) is 15.4. The Morgan fingerprint density at radius 1 is 1.00 bits per heavy atom. The third-order valence-corrected chi connectivity index (χ3v) is 4.54. The van der Waals surface area contributed by atoms with Gasteiger partial charge in [-0.2, -0.15) is 0 Å². The van der Waals surface area contributed by atoms with Crippen LogP contribution in [0.25, 0.3) is 11.3 Å². The monoisotopic (exact) mass is 298 g/mol. The van der Waals surface area contributed by atoms with Crippen LogP contribution in [0.2, 0.25) is 0 Å². The molecule has 1 aromatic heterocycles. The van der Waals surface area contributed by atoms with Crippen molar-refractivity contribution in [2.45, 2.75) is 19.8 Å². The van der Waals surface area contributed by atoms with Crippen LogP contribution in [0.3, 0.4) is 0 Å². The van der Waals surface area contributed by atoms with E-state index < -0.39 is 0 Å². The molecule has 1 aliphatic rings. The van der Waals surface area contributed by atoms with Crippen LogP contribution in [0.15, 0.2) is 40.8 Å². The summed E-state index contributed by atoms with van der Waals surface area (Å²) in [6.45, 7) is 7.99. The van der Waals surface area contributed by atoms with Gasteiger partial charge in [-0.25, -0.2) is 0 Å². The highest BCUT2D eigenvalue weighted by atomic mass is 16.3. The van der Waals surface area contributed by atoms with E-state index in [0.717, 1.165) is 17.9 Å². The molecule has 3 heteroatoms. The molecule has 1 aliphatic heterocycles. The number of hydrogen-bond acceptors (Lipinski definition) is 3. The van der Waals surface area contributed by atoms with Gasteiger partial charge in [0.05, 0.1) is 0 Å². The van der Waals surface area contributed by atoms with Gasteiger partial charge in [0, 0.05) is 31.7 Å². The maximum absolute atomic E-state index is 5.80. The van der Waals surface area contributed by atoms with E-state index in [0.29, 0.717) is 0 Å². The Morgan fingerprint density at radius 2 is 1.77 bits per heavy atom. The minimum Gasteiger partial charge on any atom is -0.461 e. The van der Waals surface area contributed by atoms with Crippen LogP contribution in [0.4, 0.5) is 0 Å². The summed E-state index contributed by atoms with van der Waals surface area (Å²) in [7, 11) is 2.21. The molecule has 3 nitrogen and oxygen atoms in total. The summed E-state index contributed by atoms with van der Waals surface area (Å²) in [6.07, 6.45) is 2.32. The molecule has 118 valence electrons. The average molecular weight is 298 g/mol. The average Bonchev–Trinajstić information content (AvgIpc) is 2.96. The zero-order valence-corrected chi connectivity index (χ0v) is 13.7. The summed E-state index contributed by atoms with van der Waals surface area (Å²) in [6, 6.07) is 12.7. The second kappa shape index (κ2) is 7.12. The number of hydrogen-bond donors (Lipinski definition) is 0. The molecule has 1 fully saturated rings. The molecule has 1 saturated heterocycles. The number of aryl methyl sites for hydroxylation is 2. The maximum atomic E-state index is 5.80. The number of rotatable bonds is 5. The number of furan rings is 1. The number of likely N-dealkylation sites (N-methyl/N-ethyl adjacent to an activating group) is 1. The molecular formula is C19H26N2O. The molecule has 1 aromatic carbocycles. The number of nitrogens with zero attached hydrogens (tertiary/aromatic N) is 2. The molecule has 0 aliphatic carbocycles. The number of benzene rings is 1. The van der Waals surface area contributed by atoms with E-state index in [1.54, 1.807) is 0 Å². The van der Waals surface area contributed by atoms with Crippen molar-refractivity contribution < 1.29 is 4.42 Å². The van der Waals surface area contributed by atoms with Crippen molar-refractivity contribution in [1.82, 2.24) is 9.80 Å². The molecule has 0 amide bonds. The van der Waals surface area contributed by atoms with Crippen molar-refractivity contribution in [3.05, 3.63) is 47.7 Å². The highest BCUT2D eigenvalue weighted by molar-refractivity contribution is 5.62. The second-order valence-electron chi connectivity index (χ2n) is 6.32. The van der Waals surface area contributed by atoms with E-state index in [-0.39, 0.29) is 0 Å². The van der Waals surface area contributed by atoms with Gasteiger partial charge in [-0.05, 0) is 51.1 Å². The molecule has 0 bridgehead atoms. The van der Waals surface area contributed by atoms with Crippen LogP contribution in [-0.4, -0.2) is 49.6 Å². The largest absolute Gasteiger partial charge is 0.461 e. The summed E-state index contributed by atoms with van der Waals surface area (Å²) >= 11 is 0. The van der Waals surface area contributed by atoms with Crippen molar-refractivity contribution in [1.29, 1.82) is 0 Å². The fraction of sp³-hybridized carbons (Fsp3) is 0.474. The van der Waals surface area contributed by atoms with Crippen molar-refractivity contribution in [3.8, 4) is 11.3 Å². The molecular weight excluding hydrogens is 272 g/mol. The highest BCUT2D eigenvalue weighted by Crippen LogP contribution is 2.26. The standard InChI is InChI=1S/C19H26N2O/c1-16-9-10-19(22-16)18-8-4-3-6-17(18)7-5-11-21-14-12-20(2)13-15-21/h3-4,6,8-10H,5,7,11-15H2,1-2H3. The molecule has 22 heavy (non-hydrogen) atoms. The van der Waals surface area contributed by atoms with E-state index in [9.17, 15) is 0 Å².